The Morgan fingerprint density at radius 2 is 1.76 bits per heavy atom. The van der Waals surface area contributed by atoms with E-state index in [-0.39, 0.29) is 30.4 Å². The van der Waals surface area contributed by atoms with E-state index in [1.807, 2.05) is 30.3 Å². The largest absolute Gasteiger partial charge is 0.497 e. The van der Waals surface area contributed by atoms with Crippen molar-refractivity contribution in [1.29, 1.82) is 0 Å². The van der Waals surface area contributed by atoms with Crippen LogP contribution in [0.1, 0.15) is 48.7 Å². The number of anilines is 1. The Morgan fingerprint density at radius 1 is 1.07 bits per heavy atom. The van der Waals surface area contributed by atoms with Crippen molar-refractivity contribution in [3.05, 3.63) is 59.7 Å². The molecule has 0 spiro atoms. The Hall–Kier alpha value is -2.86. The first-order valence-electron chi connectivity index (χ1n) is 10.0. The van der Waals surface area contributed by atoms with Gasteiger partial charge in [0.15, 0.2) is 0 Å². The summed E-state index contributed by atoms with van der Waals surface area (Å²) in [5.74, 6) is 0.772. The van der Waals surface area contributed by atoms with Gasteiger partial charge in [-0.3, -0.25) is 9.59 Å². The van der Waals surface area contributed by atoms with Crippen molar-refractivity contribution < 1.29 is 14.3 Å². The number of hydrogen-bond acceptors (Lipinski definition) is 4. The van der Waals surface area contributed by atoms with Crippen molar-refractivity contribution >= 4 is 17.5 Å². The second-order valence-corrected chi connectivity index (χ2v) is 7.72. The van der Waals surface area contributed by atoms with E-state index < -0.39 is 0 Å². The van der Waals surface area contributed by atoms with Crippen molar-refractivity contribution in [3.63, 3.8) is 0 Å². The van der Waals surface area contributed by atoms with Crippen molar-refractivity contribution in [2.24, 2.45) is 5.92 Å². The molecule has 0 aliphatic heterocycles. The van der Waals surface area contributed by atoms with Crippen LogP contribution in [0.4, 0.5) is 5.69 Å². The fourth-order valence-corrected chi connectivity index (χ4v) is 3.23. The molecule has 1 aliphatic carbocycles. The van der Waals surface area contributed by atoms with E-state index in [0.29, 0.717) is 17.2 Å². The molecular weight excluding hydrogens is 366 g/mol. The van der Waals surface area contributed by atoms with E-state index in [9.17, 15) is 9.59 Å². The average Bonchev–Trinajstić information content (AvgIpc) is 3.52. The van der Waals surface area contributed by atoms with Gasteiger partial charge < -0.3 is 20.7 Å². The monoisotopic (exact) mass is 395 g/mol. The number of benzene rings is 2. The second-order valence-electron chi connectivity index (χ2n) is 7.72. The van der Waals surface area contributed by atoms with E-state index in [4.69, 9.17) is 4.74 Å². The molecule has 0 radical (unpaired) electrons. The number of ether oxygens (including phenoxy) is 1. The first-order chi connectivity index (χ1) is 14.0. The van der Waals surface area contributed by atoms with Gasteiger partial charge >= 0.3 is 0 Å². The molecule has 0 heterocycles. The number of methoxy groups -OCH3 is 1. The maximum absolute atomic E-state index is 12.6. The lowest BCUT2D eigenvalue weighted by Gasteiger charge is -2.23. The summed E-state index contributed by atoms with van der Waals surface area (Å²) in [5, 5.41) is 9.16. The Labute approximate surface area is 172 Å². The highest BCUT2D eigenvalue weighted by molar-refractivity contribution is 6.04. The fourth-order valence-electron chi connectivity index (χ4n) is 3.23. The van der Waals surface area contributed by atoms with Gasteiger partial charge in [0, 0.05) is 12.1 Å². The molecule has 1 fully saturated rings. The molecule has 2 amide bonds. The molecule has 2 aromatic rings. The number of amides is 2. The van der Waals surface area contributed by atoms with Gasteiger partial charge in [-0.1, -0.05) is 38.1 Å². The van der Waals surface area contributed by atoms with Crippen LogP contribution in [-0.2, 0) is 4.79 Å². The van der Waals surface area contributed by atoms with Crippen molar-refractivity contribution in [2.75, 3.05) is 19.0 Å². The third kappa shape index (κ3) is 5.81. The molecule has 0 bridgehead atoms. The van der Waals surface area contributed by atoms with Gasteiger partial charge in [-0.15, -0.1) is 0 Å². The summed E-state index contributed by atoms with van der Waals surface area (Å²) in [6.45, 7) is 4.36. The Morgan fingerprint density at radius 3 is 2.38 bits per heavy atom. The summed E-state index contributed by atoms with van der Waals surface area (Å²) in [7, 11) is 1.64. The lowest BCUT2D eigenvalue weighted by atomic mass is 9.96. The highest BCUT2D eigenvalue weighted by Gasteiger charge is 2.25. The third-order valence-corrected chi connectivity index (χ3v) is 4.98. The SMILES string of the molecule is COc1ccc([C@H](NCC(=O)Nc2ccccc2C(=O)NC2CC2)C(C)C)cc1. The van der Waals surface area contributed by atoms with Crippen LogP contribution in [0.15, 0.2) is 48.5 Å². The Bertz CT molecular complexity index is 845. The zero-order chi connectivity index (χ0) is 20.8. The Kier molecular flexibility index (Phi) is 6.88. The minimum Gasteiger partial charge on any atom is -0.497 e. The van der Waals surface area contributed by atoms with Crippen LogP contribution in [0.25, 0.3) is 0 Å². The zero-order valence-electron chi connectivity index (χ0n) is 17.2. The summed E-state index contributed by atoms with van der Waals surface area (Å²) in [6, 6.07) is 15.2. The predicted octanol–water partition coefficient (Wildman–Crippen LogP) is 3.51. The molecule has 6 nitrogen and oxygen atoms in total. The topological polar surface area (TPSA) is 79.5 Å². The number of nitrogens with one attached hydrogen (secondary N) is 3. The van der Waals surface area contributed by atoms with Crippen LogP contribution < -0.4 is 20.7 Å². The minimum atomic E-state index is -0.184. The summed E-state index contributed by atoms with van der Waals surface area (Å²) >= 11 is 0. The first kappa shape index (κ1) is 20.9. The Balaban J connectivity index is 1.61. The van der Waals surface area contributed by atoms with Crippen LogP contribution in [0, 0.1) is 5.92 Å². The number of hydrogen-bond donors (Lipinski definition) is 3. The molecule has 2 aromatic carbocycles. The van der Waals surface area contributed by atoms with Crippen molar-refractivity contribution in [3.8, 4) is 5.75 Å². The van der Waals surface area contributed by atoms with Gasteiger partial charge in [-0.25, -0.2) is 0 Å². The highest BCUT2D eigenvalue weighted by atomic mass is 16.5. The third-order valence-electron chi connectivity index (χ3n) is 4.98. The normalized spacial score (nSPS) is 14.3. The first-order valence-corrected chi connectivity index (χ1v) is 10.0. The van der Waals surface area contributed by atoms with Crippen LogP contribution in [0.2, 0.25) is 0 Å². The van der Waals surface area contributed by atoms with E-state index in [1.165, 1.54) is 0 Å². The average molecular weight is 396 g/mol. The number of carbonyl (C=O) groups excluding carboxylic acids is 2. The predicted molar refractivity (Wildman–Crippen MR) is 114 cm³/mol. The molecule has 1 aliphatic rings. The van der Waals surface area contributed by atoms with E-state index in [0.717, 1.165) is 24.2 Å². The van der Waals surface area contributed by atoms with Crippen LogP contribution >= 0.6 is 0 Å². The lowest BCUT2D eigenvalue weighted by Crippen LogP contribution is -2.34. The molecule has 1 atom stereocenters. The summed E-state index contributed by atoms with van der Waals surface area (Å²) in [4.78, 5) is 25.0. The molecule has 1 saturated carbocycles. The molecule has 154 valence electrons. The fraction of sp³-hybridized carbons (Fsp3) is 0.391. The lowest BCUT2D eigenvalue weighted by molar-refractivity contribution is -0.115. The molecule has 3 N–H and O–H groups in total. The maximum Gasteiger partial charge on any atom is 0.253 e. The second kappa shape index (κ2) is 9.56. The molecule has 29 heavy (non-hydrogen) atoms. The van der Waals surface area contributed by atoms with Gasteiger partial charge in [0.05, 0.1) is 24.9 Å². The number of carbonyl (C=O) groups is 2. The van der Waals surface area contributed by atoms with E-state index >= 15 is 0 Å². The molecule has 0 saturated heterocycles. The summed E-state index contributed by atoms with van der Waals surface area (Å²) in [5.41, 5.74) is 2.11. The van der Waals surface area contributed by atoms with Crippen molar-refractivity contribution in [1.82, 2.24) is 10.6 Å². The maximum atomic E-state index is 12.6. The van der Waals surface area contributed by atoms with Crippen molar-refractivity contribution in [2.45, 2.75) is 38.8 Å². The zero-order valence-corrected chi connectivity index (χ0v) is 17.2. The molecule has 6 heteroatoms. The van der Waals surface area contributed by atoms with Gasteiger partial charge in [-0.2, -0.15) is 0 Å². The van der Waals surface area contributed by atoms with Gasteiger partial charge in [-0.05, 0) is 48.6 Å². The van der Waals surface area contributed by atoms with E-state index in [2.05, 4.69) is 29.8 Å². The summed E-state index contributed by atoms with van der Waals surface area (Å²) < 4.78 is 5.22. The molecule has 0 unspecified atom stereocenters. The standard InChI is InChI=1S/C23H29N3O3/c1-15(2)22(16-8-12-18(29-3)13-9-16)24-14-21(27)26-20-7-5-4-6-19(20)23(28)25-17-10-11-17/h4-9,12-13,15,17,22,24H,10-11,14H2,1-3H3,(H,25,28)(H,26,27)/t22-/m1/s1. The number of para-hydroxylation sites is 1. The van der Waals surface area contributed by atoms with Gasteiger partial charge in [0.1, 0.15) is 5.75 Å². The van der Waals surface area contributed by atoms with Crippen LogP contribution in [0.3, 0.4) is 0 Å². The summed E-state index contributed by atoms with van der Waals surface area (Å²) in [6.07, 6.45) is 2.04. The van der Waals surface area contributed by atoms with Gasteiger partial charge in [0.25, 0.3) is 5.91 Å². The molecule has 3 rings (SSSR count). The van der Waals surface area contributed by atoms with Gasteiger partial charge in [0.2, 0.25) is 5.91 Å². The van der Waals surface area contributed by atoms with Crippen LogP contribution in [-0.4, -0.2) is 31.5 Å². The minimum absolute atomic E-state index is 0.0278. The molecular formula is C23H29N3O3. The van der Waals surface area contributed by atoms with Crippen LogP contribution in [0.5, 0.6) is 5.75 Å². The molecule has 0 aromatic heterocycles. The highest BCUT2D eigenvalue weighted by Crippen LogP contribution is 2.24. The number of rotatable bonds is 9. The van der Waals surface area contributed by atoms with E-state index in [1.54, 1.807) is 25.3 Å². The quantitative estimate of drug-likeness (QED) is 0.607. The smallest absolute Gasteiger partial charge is 0.253 e.